The molecule has 0 saturated carbocycles. The number of nitrogens with zero attached hydrogens (tertiary/aromatic N) is 2. The van der Waals surface area contributed by atoms with Crippen LogP contribution in [0, 0.1) is 0 Å². The molecule has 1 aromatic rings. The normalized spacial score (nSPS) is 16.5. The lowest BCUT2D eigenvalue weighted by Crippen LogP contribution is -2.49. The molecule has 0 spiro atoms. The topological polar surface area (TPSA) is 49.9 Å². The SMILES string of the molecule is CC(C)(C)OC(=O)N1CCN(Cc2ccc(C=O)cc2C(F)(F)F)CC1. The highest BCUT2D eigenvalue weighted by atomic mass is 19.4. The van der Waals surface area contributed by atoms with E-state index in [1.807, 2.05) is 4.90 Å². The van der Waals surface area contributed by atoms with Gasteiger partial charge in [0, 0.05) is 38.3 Å². The predicted octanol–water partition coefficient (Wildman–Crippen LogP) is 3.57. The van der Waals surface area contributed by atoms with Gasteiger partial charge in [0.15, 0.2) is 0 Å². The van der Waals surface area contributed by atoms with E-state index in [2.05, 4.69) is 0 Å². The Morgan fingerprint density at radius 2 is 1.77 bits per heavy atom. The number of aldehydes is 1. The maximum atomic E-state index is 13.2. The molecule has 1 saturated heterocycles. The second-order valence-corrected chi connectivity index (χ2v) is 7.28. The van der Waals surface area contributed by atoms with Crippen LogP contribution in [0.5, 0.6) is 0 Å². The fourth-order valence-corrected chi connectivity index (χ4v) is 2.73. The molecule has 1 heterocycles. The number of halogens is 3. The van der Waals surface area contributed by atoms with Crippen molar-refractivity contribution in [1.29, 1.82) is 0 Å². The number of ether oxygens (including phenoxy) is 1. The summed E-state index contributed by atoms with van der Waals surface area (Å²) < 4.78 is 45.0. The third-order valence-corrected chi connectivity index (χ3v) is 3.99. The lowest BCUT2D eigenvalue weighted by atomic mass is 10.0. The Kier molecular flexibility index (Phi) is 5.95. The average molecular weight is 372 g/mol. The number of carbonyl (C=O) groups excluding carboxylic acids is 2. The first-order valence-electron chi connectivity index (χ1n) is 8.35. The van der Waals surface area contributed by atoms with Crippen LogP contribution in [0.15, 0.2) is 18.2 Å². The van der Waals surface area contributed by atoms with Gasteiger partial charge < -0.3 is 9.64 Å². The summed E-state index contributed by atoms with van der Waals surface area (Å²) in [6, 6.07) is 3.60. The van der Waals surface area contributed by atoms with Gasteiger partial charge in [0.1, 0.15) is 11.9 Å². The minimum atomic E-state index is -4.52. The first-order valence-corrected chi connectivity index (χ1v) is 8.35. The molecule has 26 heavy (non-hydrogen) atoms. The van der Waals surface area contributed by atoms with E-state index < -0.39 is 23.4 Å². The molecule has 1 aliphatic rings. The molecule has 8 heteroatoms. The van der Waals surface area contributed by atoms with Crippen LogP contribution >= 0.6 is 0 Å². The summed E-state index contributed by atoms with van der Waals surface area (Å²) in [4.78, 5) is 26.2. The van der Waals surface area contributed by atoms with Crippen molar-refractivity contribution >= 4 is 12.4 Å². The van der Waals surface area contributed by atoms with E-state index in [1.165, 1.54) is 12.1 Å². The Morgan fingerprint density at radius 3 is 2.27 bits per heavy atom. The molecule has 0 aromatic heterocycles. The van der Waals surface area contributed by atoms with Gasteiger partial charge in [-0.1, -0.05) is 12.1 Å². The summed E-state index contributed by atoms with van der Waals surface area (Å²) in [5.74, 6) is 0. The number of amides is 1. The number of carbonyl (C=O) groups is 2. The Labute approximate surface area is 150 Å². The van der Waals surface area contributed by atoms with Crippen molar-refractivity contribution in [3.05, 3.63) is 34.9 Å². The minimum absolute atomic E-state index is 0.00387. The van der Waals surface area contributed by atoms with Gasteiger partial charge in [-0.3, -0.25) is 9.69 Å². The van der Waals surface area contributed by atoms with Gasteiger partial charge in [0.05, 0.1) is 5.56 Å². The quantitative estimate of drug-likeness (QED) is 0.761. The molecular formula is C18H23F3N2O3. The monoisotopic (exact) mass is 372 g/mol. The van der Waals surface area contributed by atoms with E-state index >= 15 is 0 Å². The third kappa shape index (κ3) is 5.45. The molecule has 0 N–H and O–H groups in total. The van der Waals surface area contributed by atoms with Gasteiger partial charge in [-0.05, 0) is 32.4 Å². The van der Waals surface area contributed by atoms with Crippen LogP contribution in [0.2, 0.25) is 0 Å². The van der Waals surface area contributed by atoms with Gasteiger partial charge >= 0.3 is 12.3 Å². The molecule has 0 aliphatic carbocycles. The first-order chi connectivity index (χ1) is 12.0. The highest BCUT2D eigenvalue weighted by molar-refractivity contribution is 5.75. The number of piperazine rings is 1. The number of alkyl halides is 3. The summed E-state index contributed by atoms with van der Waals surface area (Å²) in [7, 11) is 0. The zero-order valence-electron chi connectivity index (χ0n) is 15.1. The van der Waals surface area contributed by atoms with E-state index in [0.29, 0.717) is 32.5 Å². The zero-order chi connectivity index (χ0) is 19.5. The minimum Gasteiger partial charge on any atom is -0.444 e. The van der Waals surface area contributed by atoms with Crippen molar-refractivity contribution in [2.45, 2.75) is 39.1 Å². The Morgan fingerprint density at radius 1 is 1.15 bits per heavy atom. The molecule has 0 bridgehead atoms. The molecule has 2 rings (SSSR count). The Hall–Kier alpha value is -2.09. The lowest BCUT2D eigenvalue weighted by molar-refractivity contribution is -0.138. The van der Waals surface area contributed by atoms with Crippen molar-refractivity contribution in [3.63, 3.8) is 0 Å². The molecule has 1 aromatic carbocycles. The highest BCUT2D eigenvalue weighted by Crippen LogP contribution is 2.33. The number of hydrogen-bond acceptors (Lipinski definition) is 4. The smallest absolute Gasteiger partial charge is 0.416 e. The maximum absolute atomic E-state index is 13.2. The summed E-state index contributed by atoms with van der Waals surface area (Å²) in [5.41, 5.74) is -1.27. The second-order valence-electron chi connectivity index (χ2n) is 7.28. The molecule has 0 unspecified atom stereocenters. The van der Waals surface area contributed by atoms with Crippen molar-refractivity contribution < 1.29 is 27.5 Å². The number of benzene rings is 1. The van der Waals surface area contributed by atoms with E-state index in [9.17, 15) is 22.8 Å². The van der Waals surface area contributed by atoms with E-state index in [1.54, 1.807) is 25.7 Å². The molecule has 0 atom stereocenters. The standard InChI is InChI=1S/C18H23F3N2O3/c1-17(2,3)26-16(25)23-8-6-22(7-9-23)11-14-5-4-13(12-24)10-15(14)18(19,20)21/h4-5,10,12H,6-9,11H2,1-3H3. The van der Waals surface area contributed by atoms with Crippen molar-refractivity contribution in [2.75, 3.05) is 26.2 Å². The Balaban J connectivity index is 2.02. The number of rotatable bonds is 3. The van der Waals surface area contributed by atoms with E-state index in [0.717, 1.165) is 6.07 Å². The summed E-state index contributed by atoms with van der Waals surface area (Å²) >= 11 is 0. The predicted molar refractivity (Wildman–Crippen MR) is 89.9 cm³/mol. The van der Waals surface area contributed by atoms with Crippen molar-refractivity contribution in [3.8, 4) is 0 Å². The number of hydrogen-bond donors (Lipinski definition) is 0. The van der Waals surface area contributed by atoms with Crippen LogP contribution in [0.3, 0.4) is 0 Å². The van der Waals surface area contributed by atoms with Gasteiger partial charge in [0.25, 0.3) is 0 Å². The van der Waals surface area contributed by atoms with Gasteiger partial charge in [-0.2, -0.15) is 13.2 Å². The van der Waals surface area contributed by atoms with Crippen LogP contribution in [-0.4, -0.2) is 54.0 Å². The van der Waals surface area contributed by atoms with Crippen LogP contribution in [-0.2, 0) is 17.5 Å². The van der Waals surface area contributed by atoms with Gasteiger partial charge in [0.2, 0.25) is 0 Å². The molecule has 1 fully saturated rings. The van der Waals surface area contributed by atoms with Crippen LogP contribution in [0.1, 0.15) is 42.3 Å². The van der Waals surface area contributed by atoms with Crippen LogP contribution < -0.4 is 0 Å². The molecule has 5 nitrogen and oxygen atoms in total. The lowest BCUT2D eigenvalue weighted by Gasteiger charge is -2.35. The molecule has 1 amide bonds. The fraction of sp³-hybridized carbons (Fsp3) is 0.556. The third-order valence-electron chi connectivity index (χ3n) is 3.99. The summed E-state index contributed by atoms with van der Waals surface area (Å²) in [6.45, 7) is 7.13. The van der Waals surface area contributed by atoms with Crippen LogP contribution in [0.4, 0.5) is 18.0 Å². The van der Waals surface area contributed by atoms with Gasteiger partial charge in [-0.25, -0.2) is 4.79 Å². The fourth-order valence-electron chi connectivity index (χ4n) is 2.73. The first kappa shape index (κ1) is 20.2. The van der Waals surface area contributed by atoms with Crippen LogP contribution in [0.25, 0.3) is 0 Å². The molecular weight excluding hydrogens is 349 g/mol. The molecule has 0 radical (unpaired) electrons. The summed E-state index contributed by atoms with van der Waals surface area (Å²) in [6.07, 6.45) is -4.53. The summed E-state index contributed by atoms with van der Waals surface area (Å²) in [5, 5.41) is 0. The zero-order valence-corrected chi connectivity index (χ0v) is 15.1. The Bertz CT molecular complexity index is 661. The highest BCUT2D eigenvalue weighted by Gasteiger charge is 2.34. The largest absolute Gasteiger partial charge is 0.444 e. The van der Waals surface area contributed by atoms with Crippen molar-refractivity contribution in [2.24, 2.45) is 0 Å². The van der Waals surface area contributed by atoms with Crippen molar-refractivity contribution in [1.82, 2.24) is 9.80 Å². The molecule has 1 aliphatic heterocycles. The van der Waals surface area contributed by atoms with E-state index in [4.69, 9.17) is 4.74 Å². The van der Waals surface area contributed by atoms with E-state index in [-0.39, 0.29) is 17.7 Å². The average Bonchev–Trinajstić information content (AvgIpc) is 2.53. The maximum Gasteiger partial charge on any atom is 0.416 e. The molecule has 144 valence electrons. The second kappa shape index (κ2) is 7.65. The van der Waals surface area contributed by atoms with Gasteiger partial charge in [-0.15, -0.1) is 0 Å².